The van der Waals surface area contributed by atoms with E-state index in [0.717, 1.165) is 21.8 Å². The zero-order valence-electron chi connectivity index (χ0n) is 11.0. The van der Waals surface area contributed by atoms with Gasteiger partial charge in [0, 0.05) is 22.5 Å². The third-order valence-electron chi connectivity index (χ3n) is 2.61. The number of carbonyl (C=O) groups is 1. The van der Waals surface area contributed by atoms with Crippen molar-refractivity contribution >= 4 is 17.7 Å². The van der Waals surface area contributed by atoms with E-state index in [4.69, 9.17) is 0 Å². The molecule has 0 unspecified atom stereocenters. The number of aryl methyl sites for hydroxylation is 3. The fourth-order valence-electron chi connectivity index (χ4n) is 1.83. The summed E-state index contributed by atoms with van der Waals surface area (Å²) in [7, 11) is 0. The maximum Gasteiger partial charge on any atom is 0.338 e. The first-order valence-corrected chi connectivity index (χ1v) is 6.61. The van der Waals surface area contributed by atoms with Gasteiger partial charge in [0.2, 0.25) is 0 Å². The highest BCUT2D eigenvalue weighted by Gasteiger charge is 2.16. The van der Waals surface area contributed by atoms with Gasteiger partial charge in [0.25, 0.3) is 0 Å². The molecule has 0 aromatic carbocycles. The van der Waals surface area contributed by atoms with Crippen LogP contribution in [0.2, 0.25) is 0 Å². The molecule has 2 rings (SSSR count). The highest BCUT2D eigenvalue weighted by molar-refractivity contribution is 7.99. The molecule has 2 heterocycles. The van der Waals surface area contributed by atoms with Gasteiger partial charge in [0.15, 0.2) is 0 Å². The average molecular weight is 274 g/mol. The van der Waals surface area contributed by atoms with Crippen LogP contribution in [0.4, 0.5) is 0 Å². The molecule has 0 aliphatic rings. The third kappa shape index (κ3) is 3.12. The molecule has 2 aromatic rings. The van der Waals surface area contributed by atoms with Gasteiger partial charge in [-0.3, -0.25) is 4.98 Å². The lowest BCUT2D eigenvalue weighted by atomic mass is 10.1. The van der Waals surface area contributed by atoms with Crippen molar-refractivity contribution in [2.45, 2.75) is 30.7 Å². The third-order valence-corrected chi connectivity index (χ3v) is 3.59. The average Bonchev–Trinajstić information content (AvgIpc) is 2.26. The molecule has 0 saturated heterocycles. The number of aromatic carboxylic acids is 1. The fourth-order valence-corrected chi connectivity index (χ4v) is 2.95. The maximum atomic E-state index is 11.3. The number of hydrogen-bond acceptors (Lipinski definition) is 4. The Kier molecular flexibility index (Phi) is 3.85. The lowest BCUT2D eigenvalue weighted by Gasteiger charge is -2.09. The molecule has 0 saturated carbocycles. The molecular weight excluding hydrogens is 260 g/mol. The van der Waals surface area contributed by atoms with Crippen molar-refractivity contribution in [3.05, 3.63) is 46.9 Å². The second-order valence-electron chi connectivity index (χ2n) is 4.30. The number of nitrogens with zero attached hydrogens (tertiary/aromatic N) is 2. The molecule has 0 atom stereocenters. The number of pyridine rings is 2. The zero-order valence-corrected chi connectivity index (χ0v) is 11.8. The highest BCUT2D eigenvalue weighted by atomic mass is 32.2. The topological polar surface area (TPSA) is 63.1 Å². The van der Waals surface area contributed by atoms with Gasteiger partial charge in [-0.25, -0.2) is 9.78 Å². The van der Waals surface area contributed by atoms with Crippen LogP contribution in [0.15, 0.2) is 34.3 Å². The predicted molar refractivity (Wildman–Crippen MR) is 73.8 cm³/mol. The molecule has 1 N–H and O–H groups in total. The van der Waals surface area contributed by atoms with E-state index >= 15 is 0 Å². The number of rotatable bonds is 3. The largest absolute Gasteiger partial charge is 0.478 e. The molecule has 0 fully saturated rings. The summed E-state index contributed by atoms with van der Waals surface area (Å²) in [6.45, 7) is 5.55. The maximum absolute atomic E-state index is 11.3. The molecule has 0 spiro atoms. The van der Waals surface area contributed by atoms with E-state index in [9.17, 15) is 9.90 Å². The van der Waals surface area contributed by atoms with E-state index in [1.807, 2.05) is 26.0 Å². The van der Waals surface area contributed by atoms with E-state index in [0.29, 0.717) is 5.03 Å². The smallest absolute Gasteiger partial charge is 0.338 e. The molecule has 0 radical (unpaired) electrons. The van der Waals surface area contributed by atoms with Crippen LogP contribution in [-0.2, 0) is 0 Å². The summed E-state index contributed by atoms with van der Waals surface area (Å²) in [6, 6.07) is 5.55. The Hall–Kier alpha value is -1.88. The Morgan fingerprint density at radius 3 is 2.58 bits per heavy atom. The van der Waals surface area contributed by atoms with E-state index < -0.39 is 5.97 Å². The van der Waals surface area contributed by atoms with Crippen LogP contribution in [0, 0.1) is 20.8 Å². The molecule has 4 nitrogen and oxygen atoms in total. The SMILES string of the molecule is Cc1cc(Sc2nc(C)cc(C)c2C(=O)O)ccn1. The molecule has 19 heavy (non-hydrogen) atoms. The molecule has 0 aliphatic heterocycles. The van der Waals surface area contributed by atoms with Crippen molar-refractivity contribution in [1.29, 1.82) is 0 Å². The van der Waals surface area contributed by atoms with Crippen LogP contribution >= 0.6 is 11.8 Å². The van der Waals surface area contributed by atoms with Gasteiger partial charge in [0.05, 0.1) is 5.56 Å². The van der Waals surface area contributed by atoms with Crippen LogP contribution in [-0.4, -0.2) is 21.0 Å². The second kappa shape index (κ2) is 5.40. The molecule has 0 amide bonds. The summed E-state index contributed by atoms with van der Waals surface area (Å²) in [4.78, 5) is 20.7. The molecule has 5 heteroatoms. The van der Waals surface area contributed by atoms with Crippen molar-refractivity contribution in [2.75, 3.05) is 0 Å². The van der Waals surface area contributed by atoms with Crippen LogP contribution in [0.3, 0.4) is 0 Å². The van der Waals surface area contributed by atoms with Gasteiger partial charge in [-0.1, -0.05) is 11.8 Å². The Labute approximate surface area is 115 Å². The quantitative estimate of drug-likeness (QED) is 0.930. The Morgan fingerprint density at radius 1 is 1.21 bits per heavy atom. The monoisotopic (exact) mass is 274 g/mol. The fraction of sp³-hybridized carbons (Fsp3) is 0.214. The van der Waals surface area contributed by atoms with Crippen molar-refractivity contribution in [2.24, 2.45) is 0 Å². The highest BCUT2D eigenvalue weighted by Crippen LogP contribution is 2.30. The van der Waals surface area contributed by atoms with Gasteiger partial charge in [0.1, 0.15) is 5.03 Å². The Balaban J connectivity index is 2.47. The molecular formula is C14H14N2O2S. The number of hydrogen-bond donors (Lipinski definition) is 1. The molecule has 0 aliphatic carbocycles. The summed E-state index contributed by atoms with van der Waals surface area (Å²) in [6.07, 6.45) is 1.71. The normalized spacial score (nSPS) is 10.5. The molecule has 0 bridgehead atoms. The Bertz CT molecular complexity index is 641. The van der Waals surface area contributed by atoms with Gasteiger partial charge >= 0.3 is 5.97 Å². The van der Waals surface area contributed by atoms with Gasteiger partial charge in [-0.15, -0.1) is 0 Å². The predicted octanol–water partition coefficient (Wildman–Crippen LogP) is 3.25. The lowest BCUT2D eigenvalue weighted by Crippen LogP contribution is -2.05. The van der Waals surface area contributed by atoms with E-state index in [1.54, 1.807) is 19.2 Å². The van der Waals surface area contributed by atoms with Gasteiger partial charge in [-0.05, 0) is 44.5 Å². The second-order valence-corrected chi connectivity index (χ2v) is 5.36. The van der Waals surface area contributed by atoms with E-state index in [1.165, 1.54) is 11.8 Å². The molecule has 2 aromatic heterocycles. The van der Waals surface area contributed by atoms with E-state index in [2.05, 4.69) is 9.97 Å². The van der Waals surface area contributed by atoms with Crippen molar-refractivity contribution in [3.8, 4) is 0 Å². The first-order chi connectivity index (χ1) is 8.97. The van der Waals surface area contributed by atoms with Gasteiger partial charge < -0.3 is 5.11 Å². The van der Waals surface area contributed by atoms with E-state index in [-0.39, 0.29) is 5.56 Å². The summed E-state index contributed by atoms with van der Waals surface area (Å²) in [5.41, 5.74) is 2.71. The summed E-state index contributed by atoms with van der Waals surface area (Å²) < 4.78 is 0. The lowest BCUT2D eigenvalue weighted by molar-refractivity contribution is 0.0691. The minimum absolute atomic E-state index is 0.269. The number of carboxylic acids is 1. The van der Waals surface area contributed by atoms with Gasteiger partial charge in [-0.2, -0.15) is 0 Å². The van der Waals surface area contributed by atoms with Crippen LogP contribution in [0.5, 0.6) is 0 Å². The number of carboxylic acid groups (broad SMARTS) is 1. The first kappa shape index (κ1) is 13.5. The standard InChI is InChI=1S/C14H14N2O2S/c1-8-6-10(3)16-13(12(8)14(17)18)19-11-4-5-15-9(2)7-11/h4-7H,1-3H3,(H,17,18). The van der Waals surface area contributed by atoms with Crippen molar-refractivity contribution in [3.63, 3.8) is 0 Å². The molecule has 98 valence electrons. The number of aromatic nitrogens is 2. The Morgan fingerprint density at radius 2 is 1.95 bits per heavy atom. The summed E-state index contributed by atoms with van der Waals surface area (Å²) in [5, 5.41) is 9.83. The van der Waals surface area contributed by atoms with Crippen LogP contribution in [0.25, 0.3) is 0 Å². The minimum Gasteiger partial charge on any atom is -0.478 e. The van der Waals surface area contributed by atoms with Crippen molar-refractivity contribution < 1.29 is 9.90 Å². The van der Waals surface area contributed by atoms with Crippen LogP contribution < -0.4 is 0 Å². The minimum atomic E-state index is -0.946. The first-order valence-electron chi connectivity index (χ1n) is 5.79. The zero-order chi connectivity index (χ0) is 14.0. The van der Waals surface area contributed by atoms with Crippen LogP contribution in [0.1, 0.15) is 27.3 Å². The summed E-state index contributed by atoms with van der Waals surface area (Å²) >= 11 is 1.35. The van der Waals surface area contributed by atoms with Crippen molar-refractivity contribution in [1.82, 2.24) is 9.97 Å². The summed E-state index contributed by atoms with van der Waals surface area (Å²) in [5.74, 6) is -0.946.